The van der Waals surface area contributed by atoms with E-state index < -0.39 is 13.4 Å². The van der Waals surface area contributed by atoms with Crippen molar-refractivity contribution in [2.45, 2.75) is 26.6 Å². The summed E-state index contributed by atoms with van der Waals surface area (Å²) in [6.45, 7) is 5.98. The van der Waals surface area contributed by atoms with Gasteiger partial charge in [-0.3, -0.25) is 4.57 Å². The molecule has 22 heavy (non-hydrogen) atoms. The van der Waals surface area contributed by atoms with Crippen LogP contribution in [0.25, 0.3) is 0 Å². The second-order valence-electron chi connectivity index (χ2n) is 4.60. The van der Waals surface area contributed by atoms with Gasteiger partial charge in [-0.25, -0.2) is 4.98 Å². The standard InChI is InChI=1S/C15H21N2O4P/c1-4-20-22(18,21-5-2)15(13-9-7-11-19-13)17-14-10-6-8-12(3)16-14/h6-11,15H,4-5H2,1-3H3,(H,16,17). The van der Waals surface area contributed by atoms with Crippen molar-refractivity contribution in [1.82, 2.24) is 4.98 Å². The minimum Gasteiger partial charge on any atom is -0.466 e. The van der Waals surface area contributed by atoms with Gasteiger partial charge >= 0.3 is 7.60 Å². The number of aryl methyl sites for hydroxylation is 1. The lowest BCUT2D eigenvalue weighted by atomic mass is 10.3. The van der Waals surface area contributed by atoms with Gasteiger partial charge < -0.3 is 18.8 Å². The van der Waals surface area contributed by atoms with Crippen molar-refractivity contribution in [3.05, 3.63) is 48.0 Å². The third-order valence-electron chi connectivity index (χ3n) is 2.92. The van der Waals surface area contributed by atoms with Crippen LogP contribution in [0.2, 0.25) is 0 Å². The van der Waals surface area contributed by atoms with Gasteiger partial charge in [0.05, 0.1) is 19.5 Å². The quantitative estimate of drug-likeness (QED) is 0.727. The number of nitrogens with one attached hydrogen (secondary N) is 1. The van der Waals surface area contributed by atoms with Crippen LogP contribution in [-0.2, 0) is 13.6 Å². The predicted molar refractivity (Wildman–Crippen MR) is 84.9 cm³/mol. The molecular formula is C15H21N2O4P. The molecule has 0 saturated carbocycles. The van der Waals surface area contributed by atoms with Crippen molar-refractivity contribution in [3.8, 4) is 0 Å². The van der Waals surface area contributed by atoms with Crippen molar-refractivity contribution in [3.63, 3.8) is 0 Å². The monoisotopic (exact) mass is 324 g/mol. The van der Waals surface area contributed by atoms with Crippen molar-refractivity contribution in [2.75, 3.05) is 18.5 Å². The number of hydrogen-bond acceptors (Lipinski definition) is 6. The van der Waals surface area contributed by atoms with E-state index in [-0.39, 0.29) is 13.2 Å². The number of aromatic nitrogens is 1. The van der Waals surface area contributed by atoms with Gasteiger partial charge in [0.1, 0.15) is 11.6 Å². The highest BCUT2D eigenvalue weighted by Gasteiger charge is 2.39. The van der Waals surface area contributed by atoms with E-state index in [0.29, 0.717) is 11.6 Å². The number of furan rings is 1. The third-order valence-corrected chi connectivity index (χ3v) is 5.17. The molecule has 0 bridgehead atoms. The van der Waals surface area contributed by atoms with E-state index in [1.807, 2.05) is 19.1 Å². The average molecular weight is 324 g/mol. The fraction of sp³-hybridized carbons (Fsp3) is 0.400. The summed E-state index contributed by atoms with van der Waals surface area (Å²) in [5.74, 6) is 0.311. The predicted octanol–water partition coefficient (Wildman–Crippen LogP) is 4.36. The number of hydrogen-bond donors (Lipinski definition) is 1. The Kier molecular flexibility index (Phi) is 5.77. The fourth-order valence-corrected chi connectivity index (χ4v) is 3.90. The van der Waals surface area contributed by atoms with Crippen LogP contribution in [0.1, 0.15) is 31.1 Å². The molecule has 0 aromatic carbocycles. The van der Waals surface area contributed by atoms with Gasteiger partial charge in [-0.2, -0.15) is 0 Å². The highest BCUT2D eigenvalue weighted by molar-refractivity contribution is 7.54. The summed E-state index contributed by atoms with van der Waals surface area (Å²) in [5, 5.41) is 3.11. The van der Waals surface area contributed by atoms with Gasteiger partial charge in [0.25, 0.3) is 0 Å². The van der Waals surface area contributed by atoms with Crippen LogP contribution in [0.15, 0.2) is 41.0 Å². The molecule has 0 aliphatic carbocycles. The zero-order chi connectivity index (χ0) is 16.0. The molecule has 0 aliphatic rings. The Bertz CT molecular complexity index is 620. The largest absolute Gasteiger partial charge is 0.466 e. The molecule has 7 heteroatoms. The van der Waals surface area contributed by atoms with E-state index in [4.69, 9.17) is 13.5 Å². The summed E-state index contributed by atoms with van der Waals surface area (Å²) in [5.41, 5.74) is 0.853. The molecule has 0 fully saturated rings. The van der Waals surface area contributed by atoms with Crippen molar-refractivity contribution < 1.29 is 18.0 Å². The van der Waals surface area contributed by atoms with Gasteiger partial charge in [0.2, 0.25) is 0 Å². The molecular weight excluding hydrogens is 303 g/mol. The van der Waals surface area contributed by atoms with Gasteiger partial charge in [0.15, 0.2) is 5.78 Å². The van der Waals surface area contributed by atoms with E-state index in [9.17, 15) is 4.57 Å². The second-order valence-corrected chi connectivity index (χ2v) is 6.71. The lowest BCUT2D eigenvalue weighted by Crippen LogP contribution is -2.15. The molecule has 2 rings (SSSR count). The lowest BCUT2D eigenvalue weighted by molar-refractivity contribution is 0.211. The molecule has 2 aromatic rings. The number of anilines is 1. The number of pyridine rings is 1. The minimum atomic E-state index is -3.44. The molecule has 6 nitrogen and oxygen atoms in total. The highest BCUT2D eigenvalue weighted by atomic mass is 31.2. The van der Waals surface area contributed by atoms with Crippen molar-refractivity contribution in [1.29, 1.82) is 0 Å². The van der Waals surface area contributed by atoms with E-state index in [1.54, 1.807) is 32.0 Å². The minimum absolute atomic E-state index is 0.275. The summed E-state index contributed by atoms with van der Waals surface area (Å²) in [4.78, 5) is 4.37. The third kappa shape index (κ3) is 3.97. The maximum absolute atomic E-state index is 13.1. The Balaban J connectivity index is 2.36. The first-order valence-corrected chi connectivity index (χ1v) is 8.82. The topological polar surface area (TPSA) is 73.6 Å². The summed E-state index contributed by atoms with van der Waals surface area (Å²) >= 11 is 0. The molecule has 1 atom stereocenters. The fourth-order valence-electron chi connectivity index (χ4n) is 2.06. The first kappa shape index (κ1) is 16.7. The van der Waals surface area contributed by atoms with Crippen molar-refractivity contribution in [2.24, 2.45) is 0 Å². The Labute approximate surface area is 130 Å². The molecule has 1 unspecified atom stereocenters. The van der Waals surface area contributed by atoms with Crippen LogP contribution in [0.4, 0.5) is 5.82 Å². The Hall–Kier alpha value is -1.62. The van der Waals surface area contributed by atoms with Crippen LogP contribution in [0, 0.1) is 6.92 Å². The molecule has 2 heterocycles. The summed E-state index contributed by atoms with van der Waals surface area (Å²) in [7, 11) is -3.44. The molecule has 0 saturated heterocycles. The smallest absolute Gasteiger partial charge is 0.360 e. The van der Waals surface area contributed by atoms with Crippen LogP contribution in [0.3, 0.4) is 0 Å². The Morgan fingerprint density at radius 3 is 2.50 bits per heavy atom. The van der Waals surface area contributed by atoms with Gasteiger partial charge in [0, 0.05) is 5.69 Å². The summed E-state index contributed by atoms with van der Waals surface area (Å²) < 4.78 is 29.4. The zero-order valence-electron chi connectivity index (χ0n) is 13.0. The second kappa shape index (κ2) is 7.58. The van der Waals surface area contributed by atoms with Crippen molar-refractivity contribution >= 4 is 13.4 Å². The van der Waals surface area contributed by atoms with E-state index in [2.05, 4.69) is 10.3 Å². The molecule has 120 valence electrons. The van der Waals surface area contributed by atoms with Crippen LogP contribution < -0.4 is 5.32 Å². The normalized spacial score (nSPS) is 13.0. The Morgan fingerprint density at radius 1 is 1.23 bits per heavy atom. The van der Waals surface area contributed by atoms with Gasteiger partial charge in [-0.05, 0) is 45.0 Å². The molecule has 2 aromatic heterocycles. The van der Waals surface area contributed by atoms with E-state index in [1.165, 1.54) is 6.26 Å². The highest BCUT2D eigenvalue weighted by Crippen LogP contribution is 2.60. The maximum Gasteiger partial charge on any atom is 0.360 e. The first-order valence-electron chi connectivity index (χ1n) is 7.21. The molecule has 0 radical (unpaired) electrons. The van der Waals surface area contributed by atoms with Gasteiger partial charge in [-0.15, -0.1) is 0 Å². The van der Waals surface area contributed by atoms with E-state index in [0.717, 1.165) is 5.69 Å². The zero-order valence-corrected chi connectivity index (χ0v) is 13.9. The maximum atomic E-state index is 13.1. The number of rotatable bonds is 8. The SMILES string of the molecule is CCOP(=O)(OCC)C(Nc1cccc(C)n1)c1ccco1. The first-order chi connectivity index (χ1) is 10.6. The molecule has 0 amide bonds. The van der Waals surface area contributed by atoms with Crippen LogP contribution >= 0.6 is 7.60 Å². The lowest BCUT2D eigenvalue weighted by Gasteiger charge is -2.26. The average Bonchev–Trinajstić information content (AvgIpc) is 2.99. The summed E-state index contributed by atoms with van der Waals surface area (Å²) in [6.07, 6.45) is 1.52. The van der Waals surface area contributed by atoms with E-state index >= 15 is 0 Å². The Morgan fingerprint density at radius 2 is 1.95 bits per heavy atom. The van der Waals surface area contributed by atoms with Crippen LogP contribution in [0.5, 0.6) is 0 Å². The molecule has 1 N–H and O–H groups in total. The summed E-state index contributed by atoms with van der Waals surface area (Å²) in [6, 6.07) is 9.02. The molecule has 0 spiro atoms. The van der Waals surface area contributed by atoms with Gasteiger partial charge in [-0.1, -0.05) is 6.07 Å². The van der Waals surface area contributed by atoms with Crippen LogP contribution in [-0.4, -0.2) is 18.2 Å². The molecule has 0 aliphatic heterocycles. The number of nitrogens with zero attached hydrogens (tertiary/aromatic N) is 1.